The molecule has 0 bridgehead atoms. The zero-order valence-corrected chi connectivity index (χ0v) is 12.8. The number of aromatic amines is 1. The molecule has 5 nitrogen and oxygen atoms in total. The lowest BCUT2D eigenvalue weighted by Gasteiger charge is -2.03. The number of nitrogens with zero attached hydrogens (tertiary/aromatic N) is 1. The van der Waals surface area contributed by atoms with E-state index in [0.717, 1.165) is 22.8 Å². The highest BCUT2D eigenvalue weighted by atomic mass is 32.2. The van der Waals surface area contributed by atoms with Crippen LogP contribution in [0.25, 0.3) is 11.3 Å². The predicted octanol–water partition coefficient (Wildman–Crippen LogP) is 2.32. The third-order valence-corrected chi connectivity index (χ3v) is 3.71. The monoisotopic (exact) mass is 305 g/mol. The second kappa shape index (κ2) is 8.49. The summed E-state index contributed by atoms with van der Waals surface area (Å²) >= 11 is 1.40. The quantitative estimate of drug-likeness (QED) is 0.580. The number of H-pyrrole nitrogens is 1. The Kier molecular flexibility index (Phi) is 6.30. The van der Waals surface area contributed by atoms with Gasteiger partial charge in [-0.2, -0.15) is 0 Å². The van der Waals surface area contributed by atoms with E-state index in [2.05, 4.69) is 15.3 Å². The highest BCUT2D eigenvalue weighted by Gasteiger charge is 2.06. The summed E-state index contributed by atoms with van der Waals surface area (Å²) in [5, 5.41) is 3.60. The number of ether oxygens (including phenoxy) is 1. The van der Waals surface area contributed by atoms with E-state index in [0.29, 0.717) is 18.9 Å². The normalized spacial score (nSPS) is 10.5. The van der Waals surface area contributed by atoms with Crippen molar-refractivity contribution in [3.05, 3.63) is 36.5 Å². The van der Waals surface area contributed by atoms with Crippen molar-refractivity contribution >= 4 is 17.7 Å². The summed E-state index contributed by atoms with van der Waals surface area (Å²) < 4.78 is 4.93. The average Bonchev–Trinajstić information content (AvgIpc) is 2.99. The molecule has 112 valence electrons. The topological polar surface area (TPSA) is 67.0 Å². The van der Waals surface area contributed by atoms with Gasteiger partial charge in [0.2, 0.25) is 5.91 Å². The standard InChI is InChI=1S/C15H19N3O2S/c1-20-9-5-8-16-14(19)11-21-15-17-10-13(18-15)12-6-3-2-4-7-12/h2-4,6-7,10H,5,8-9,11H2,1H3,(H,16,19)(H,17,18). The summed E-state index contributed by atoms with van der Waals surface area (Å²) in [6, 6.07) is 9.98. The molecule has 6 heteroatoms. The molecule has 0 radical (unpaired) electrons. The van der Waals surface area contributed by atoms with E-state index in [-0.39, 0.29) is 5.91 Å². The van der Waals surface area contributed by atoms with Crippen LogP contribution in [0.5, 0.6) is 0 Å². The van der Waals surface area contributed by atoms with Crippen LogP contribution in [0.1, 0.15) is 6.42 Å². The van der Waals surface area contributed by atoms with Gasteiger partial charge in [0.05, 0.1) is 17.6 Å². The Morgan fingerprint density at radius 1 is 1.38 bits per heavy atom. The van der Waals surface area contributed by atoms with Gasteiger partial charge in [-0.1, -0.05) is 42.1 Å². The van der Waals surface area contributed by atoms with Gasteiger partial charge in [-0.15, -0.1) is 0 Å². The second-order valence-electron chi connectivity index (χ2n) is 4.45. The highest BCUT2D eigenvalue weighted by Crippen LogP contribution is 2.20. The Balaban J connectivity index is 1.77. The van der Waals surface area contributed by atoms with Gasteiger partial charge in [0, 0.05) is 20.3 Å². The molecule has 0 aliphatic heterocycles. The van der Waals surface area contributed by atoms with Gasteiger partial charge in [-0.3, -0.25) is 4.79 Å². The van der Waals surface area contributed by atoms with Crippen molar-refractivity contribution in [2.24, 2.45) is 0 Å². The Labute approximate surface area is 128 Å². The molecule has 0 saturated heterocycles. The van der Waals surface area contributed by atoms with Gasteiger partial charge >= 0.3 is 0 Å². The number of imidazole rings is 1. The number of hydrogen-bond donors (Lipinski definition) is 2. The molecule has 2 rings (SSSR count). The Morgan fingerprint density at radius 3 is 2.95 bits per heavy atom. The van der Waals surface area contributed by atoms with Crippen molar-refractivity contribution in [3.8, 4) is 11.3 Å². The first-order valence-corrected chi connectivity index (χ1v) is 7.77. The van der Waals surface area contributed by atoms with Crippen LogP contribution in [0.15, 0.2) is 41.7 Å². The first-order valence-electron chi connectivity index (χ1n) is 6.78. The number of benzene rings is 1. The van der Waals surface area contributed by atoms with Gasteiger partial charge in [0.15, 0.2) is 5.16 Å². The molecule has 21 heavy (non-hydrogen) atoms. The van der Waals surface area contributed by atoms with Gasteiger partial charge in [0.25, 0.3) is 0 Å². The van der Waals surface area contributed by atoms with Crippen molar-refractivity contribution in [3.63, 3.8) is 0 Å². The minimum absolute atomic E-state index is 0.00811. The zero-order valence-electron chi connectivity index (χ0n) is 12.0. The Bertz CT molecular complexity index is 557. The zero-order chi connectivity index (χ0) is 14.9. The van der Waals surface area contributed by atoms with E-state index < -0.39 is 0 Å². The summed E-state index contributed by atoms with van der Waals surface area (Å²) in [5.41, 5.74) is 2.04. The number of thioether (sulfide) groups is 1. The molecular weight excluding hydrogens is 286 g/mol. The van der Waals surface area contributed by atoms with E-state index >= 15 is 0 Å². The van der Waals surface area contributed by atoms with Crippen LogP contribution in [0.2, 0.25) is 0 Å². The van der Waals surface area contributed by atoms with Gasteiger partial charge < -0.3 is 15.0 Å². The van der Waals surface area contributed by atoms with E-state index in [1.54, 1.807) is 13.3 Å². The fourth-order valence-electron chi connectivity index (χ4n) is 1.77. The Hall–Kier alpha value is -1.79. The van der Waals surface area contributed by atoms with E-state index in [9.17, 15) is 4.79 Å². The van der Waals surface area contributed by atoms with Crippen molar-refractivity contribution in [1.82, 2.24) is 15.3 Å². The highest BCUT2D eigenvalue weighted by molar-refractivity contribution is 7.99. The fraction of sp³-hybridized carbons (Fsp3) is 0.333. The number of aromatic nitrogens is 2. The molecule has 1 aromatic heterocycles. The predicted molar refractivity (Wildman–Crippen MR) is 84.3 cm³/mol. The number of rotatable bonds is 8. The maximum absolute atomic E-state index is 11.6. The van der Waals surface area contributed by atoms with E-state index in [1.165, 1.54) is 11.8 Å². The third kappa shape index (κ3) is 5.24. The molecular formula is C15H19N3O2S. The number of amides is 1. The van der Waals surface area contributed by atoms with Crippen molar-refractivity contribution in [2.45, 2.75) is 11.6 Å². The summed E-state index contributed by atoms with van der Waals surface area (Å²) in [7, 11) is 1.65. The fourth-order valence-corrected chi connectivity index (χ4v) is 2.45. The number of hydrogen-bond acceptors (Lipinski definition) is 4. The van der Waals surface area contributed by atoms with Crippen LogP contribution in [0.4, 0.5) is 0 Å². The molecule has 0 aliphatic carbocycles. The third-order valence-electron chi connectivity index (χ3n) is 2.82. The molecule has 0 unspecified atom stereocenters. The summed E-state index contributed by atoms with van der Waals surface area (Å²) in [6.45, 7) is 1.30. The van der Waals surface area contributed by atoms with Crippen LogP contribution in [0.3, 0.4) is 0 Å². The molecule has 1 heterocycles. The molecule has 2 N–H and O–H groups in total. The molecule has 2 aromatic rings. The molecule has 0 aliphatic rings. The maximum Gasteiger partial charge on any atom is 0.230 e. The smallest absolute Gasteiger partial charge is 0.230 e. The van der Waals surface area contributed by atoms with Crippen LogP contribution in [0, 0.1) is 0 Å². The second-order valence-corrected chi connectivity index (χ2v) is 5.42. The number of nitrogens with one attached hydrogen (secondary N) is 2. The number of carbonyl (C=O) groups excluding carboxylic acids is 1. The lowest BCUT2D eigenvalue weighted by atomic mass is 10.2. The molecule has 1 aromatic carbocycles. The maximum atomic E-state index is 11.6. The largest absolute Gasteiger partial charge is 0.385 e. The number of methoxy groups -OCH3 is 1. The van der Waals surface area contributed by atoms with E-state index in [4.69, 9.17) is 4.74 Å². The lowest BCUT2D eigenvalue weighted by molar-refractivity contribution is -0.118. The van der Waals surface area contributed by atoms with Gasteiger partial charge in [0.1, 0.15) is 0 Å². The molecule has 0 spiro atoms. The molecule has 0 atom stereocenters. The Morgan fingerprint density at radius 2 is 2.19 bits per heavy atom. The van der Waals surface area contributed by atoms with Crippen molar-refractivity contribution in [1.29, 1.82) is 0 Å². The van der Waals surface area contributed by atoms with Crippen molar-refractivity contribution < 1.29 is 9.53 Å². The SMILES string of the molecule is COCCCNC(=O)CSc1ncc(-c2ccccc2)[nH]1. The minimum Gasteiger partial charge on any atom is -0.385 e. The van der Waals surface area contributed by atoms with Gasteiger partial charge in [-0.25, -0.2) is 4.98 Å². The van der Waals surface area contributed by atoms with Crippen LogP contribution in [-0.4, -0.2) is 41.9 Å². The summed E-state index contributed by atoms with van der Waals surface area (Å²) in [4.78, 5) is 19.1. The summed E-state index contributed by atoms with van der Waals surface area (Å²) in [5.74, 6) is 0.364. The molecule has 1 amide bonds. The number of carbonyl (C=O) groups is 1. The minimum atomic E-state index is 0.00811. The molecule has 0 fully saturated rings. The summed E-state index contributed by atoms with van der Waals surface area (Å²) in [6.07, 6.45) is 2.61. The first kappa shape index (κ1) is 15.6. The van der Waals surface area contributed by atoms with Crippen LogP contribution < -0.4 is 5.32 Å². The van der Waals surface area contributed by atoms with Crippen LogP contribution >= 0.6 is 11.8 Å². The van der Waals surface area contributed by atoms with Gasteiger partial charge in [-0.05, 0) is 12.0 Å². The van der Waals surface area contributed by atoms with Crippen molar-refractivity contribution in [2.75, 3.05) is 26.0 Å². The lowest BCUT2D eigenvalue weighted by Crippen LogP contribution is -2.26. The average molecular weight is 305 g/mol. The van der Waals surface area contributed by atoms with Crippen LogP contribution in [-0.2, 0) is 9.53 Å². The van der Waals surface area contributed by atoms with E-state index in [1.807, 2.05) is 30.3 Å². The molecule has 0 saturated carbocycles. The first-order chi connectivity index (χ1) is 10.3.